The highest BCUT2D eigenvalue weighted by atomic mass is 16.6. The maximum atomic E-state index is 5.56. The monoisotopic (exact) mass is 420 g/mol. The Morgan fingerprint density at radius 1 is 0.448 bits per heavy atom. The van der Waals surface area contributed by atoms with E-state index < -0.39 is 0 Å². The fourth-order valence-corrected chi connectivity index (χ4v) is 2.49. The molecule has 1 atom stereocenters. The highest BCUT2D eigenvalue weighted by Crippen LogP contribution is 2.04. The van der Waals surface area contributed by atoms with E-state index in [0.29, 0.717) is 72.0 Å². The Balaban J connectivity index is 3.00. The molecule has 0 N–H and O–H groups in total. The first-order valence-electron chi connectivity index (χ1n) is 11.8. The average Bonchev–Trinajstić information content (AvgIpc) is 2.74. The number of unbranched alkanes of at least 4 members (excludes halogenated alkanes) is 5. The molecular formula is C23H48O6. The second-order valence-corrected chi connectivity index (χ2v) is 7.42. The summed E-state index contributed by atoms with van der Waals surface area (Å²) in [4.78, 5) is 0. The molecule has 6 nitrogen and oxygen atoms in total. The molecule has 0 aliphatic carbocycles. The summed E-state index contributed by atoms with van der Waals surface area (Å²) in [5.74, 6) is 0.618. The Morgan fingerprint density at radius 2 is 0.828 bits per heavy atom. The van der Waals surface area contributed by atoms with Crippen molar-refractivity contribution < 1.29 is 28.4 Å². The molecule has 0 heterocycles. The van der Waals surface area contributed by atoms with E-state index in [1.54, 1.807) is 0 Å². The molecule has 0 aromatic heterocycles. The fourth-order valence-electron chi connectivity index (χ4n) is 2.49. The van der Waals surface area contributed by atoms with E-state index in [0.717, 1.165) is 26.1 Å². The first-order valence-corrected chi connectivity index (χ1v) is 11.8. The van der Waals surface area contributed by atoms with Gasteiger partial charge in [-0.25, -0.2) is 0 Å². The molecule has 1 unspecified atom stereocenters. The van der Waals surface area contributed by atoms with Crippen molar-refractivity contribution in [2.45, 2.75) is 65.7 Å². The van der Waals surface area contributed by atoms with Gasteiger partial charge >= 0.3 is 0 Å². The minimum atomic E-state index is 0.579. The molecule has 0 fully saturated rings. The molecule has 0 aliphatic heterocycles. The van der Waals surface area contributed by atoms with Crippen LogP contribution in [0.25, 0.3) is 0 Å². The van der Waals surface area contributed by atoms with Gasteiger partial charge in [-0.3, -0.25) is 0 Å². The van der Waals surface area contributed by atoms with Crippen molar-refractivity contribution in [1.82, 2.24) is 0 Å². The van der Waals surface area contributed by atoms with Gasteiger partial charge in [0.05, 0.1) is 66.1 Å². The normalized spacial score (nSPS) is 12.5. The van der Waals surface area contributed by atoms with Crippen LogP contribution < -0.4 is 0 Å². The Bertz CT molecular complexity index is 291. The minimum Gasteiger partial charge on any atom is -0.379 e. The predicted molar refractivity (Wildman–Crippen MR) is 118 cm³/mol. The standard InChI is InChI=1S/C23H48O6/c1-4-6-7-8-9-10-11-24-12-13-25-14-15-26-16-17-27-18-19-28-20-21-29-22-23(3)5-2/h23H,4-22H2,1-3H3. The molecule has 0 radical (unpaired) electrons. The smallest absolute Gasteiger partial charge is 0.0701 e. The topological polar surface area (TPSA) is 55.4 Å². The maximum Gasteiger partial charge on any atom is 0.0701 e. The number of hydrogen-bond donors (Lipinski definition) is 0. The van der Waals surface area contributed by atoms with Gasteiger partial charge in [0.15, 0.2) is 0 Å². The number of ether oxygens (including phenoxy) is 6. The van der Waals surface area contributed by atoms with Crippen molar-refractivity contribution in [3.05, 3.63) is 0 Å². The van der Waals surface area contributed by atoms with Gasteiger partial charge in [0.25, 0.3) is 0 Å². The molecule has 0 rings (SSSR count). The van der Waals surface area contributed by atoms with Gasteiger partial charge in [-0.1, -0.05) is 59.3 Å². The number of hydrogen-bond acceptors (Lipinski definition) is 6. The van der Waals surface area contributed by atoms with E-state index in [2.05, 4.69) is 20.8 Å². The summed E-state index contributed by atoms with van der Waals surface area (Å²) in [6, 6.07) is 0. The lowest BCUT2D eigenvalue weighted by molar-refractivity contribution is -0.0182. The van der Waals surface area contributed by atoms with E-state index in [-0.39, 0.29) is 0 Å². The summed E-state index contributed by atoms with van der Waals surface area (Å²) < 4.78 is 32.9. The van der Waals surface area contributed by atoms with E-state index in [4.69, 9.17) is 28.4 Å². The van der Waals surface area contributed by atoms with E-state index in [1.165, 1.54) is 32.1 Å². The summed E-state index contributed by atoms with van der Waals surface area (Å²) in [5, 5.41) is 0. The fraction of sp³-hybridized carbons (Fsp3) is 1.00. The zero-order chi connectivity index (χ0) is 21.3. The number of rotatable bonds is 25. The van der Waals surface area contributed by atoms with Crippen LogP contribution in [0.15, 0.2) is 0 Å². The SMILES string of the molecule is CCCCCCCCOCCOCCOCCOCCOCCOCC(C)CC. The summed E-state index contributed by atoms with van der Waals surface area (Å²) in [7, 11) is 0. The molecule has 0 amide bonds. The molecule has 0 aromatic rings. The zero-order valence-electron chi connectivity index (χ0n) is 19.5. The Morgan fingerprint density at radius 3 is 1.28 bits per heavy atom. The third-order valence-corrected chi connectivity index (χ3v) is 4.60. The third kappa shape index (κ3) is 25.7. The van der Waals surface area contributed by atoms with E-state index in [1.807, 2.05) is 0 Å². The summed E-state index contributed by atoms with van der Waals surface area (Å²) in [6.45, 7) is 14.4. The van der Waals surface area contributed by atoms with Crippen LogP contribution in [-0.4, -0.2) is 79.3 Å². The van der Waals surface area contributed by atoms with Gasteiger partial charge in [0, 0.05) is 13.2 Å². The Labute approximate surface area is 179 Å². The molecule has 6 heteroatoms. The van der Waals surface area contributed by atoms with Gasteiger partial charge in [0.2, 0.25) is 0 Å². The molecule has 176 valence electrons. The first-order chi connectivity index (χ1) is 14.3. The molecule has 0 aromatic carbocycles. The van der Waals surface area contributed by atoms with Crippen LogP contribution in [0.4, 0.5) is 0 Å². The lowest BCUT2D eigenvalue weighted by Gasteiger charge is -2.10. The average molecular weight is 421 g/mol. The minimum absolute atomic E-state index is 0.579. The Kier molecular flexibility index (Phi) is 25.6. The zero-order valence-corrected chi connectivity index (χ0v) is 19.5. The second-order valence-electron chi connectivity index (χ2n) is 7.42. The summed E-state index contributed by atoms with van der Waals surface area (Å²) in [6.07, 6.45) is 8.92. The molecule has 0 bridgehead atoms. The molecule has 0 saturated heterocycles. The van der Waals surface area contributed by atoms with Crippen molar-refractivity contribution in [1.29, 1.82) is 0 Å². The van der Waals surface area contributed by atoms with Gasteiger partial charge < -0.3 is 28.4 Å². The quantitative estimate of drug-likeness (QED) is 0.203. The van der Waals surface area contributed by atoms with Crippen molar-refractivity contribution in [2.24, 2.45) is 5.92 Å². The van der Waals surface area contributed by atoms with Crippen molar-refractivity contribution in [3.63, 3.8) is 0 Å². The first kappa shape index (κ1) is 28.8. The largest absolute Gasteiger partial charge is 0.379 e. The van der Waals surface area contributed by atoms with Gasteiger partial charge in [-0.05, 0) is 12.3 Å². The predicted octanol–water partition coefficient (Wildman–Crippen LogP) is 4.49. The molecule has 0 saturated carbocycles. The van der Waals surface area contributed by atoms with Crippen LogP contribution in [0, 0.1) is 5.92 Å². The van der Waals surface area contributed by atoms with Gasteiger partial charge in [-0.2, -0.15) is 0 Å². The summed E-state index contributed by atoms with van der Waals surface area (Å²) in [5.41, 5.74) is 0. The van der Waals surface area contributed by atoms with Crippen LogP contribution in [0.3, 0.4) is 0 Å². The lowest BCUT2D eigenvalue weighted by atomic mass is 10.1. The molecular weight excluding hydrogens is 372 g/mol. The van der Waals surface area contributed by atoms with Gasteiger partial charge in [0.1, 0.15) is 0 Å². The second kappa shape index (κ2) is 25.8. The van der Waals surface area contributed by atoms with Gasteiger partial charge in [-0.15, -0.1) is 0 Å². The van der Waals surface area contributed by atoms with Crippen molar-refractivity contribution in [3.8, 4) is 0 Å². The summed E-state index contributed by atoms with van der Waals surface area (Å²) >= 11 is 0. The molecule has 0 aliphatic rings. The van der Waals surface area contributed by atoms with Crippen molar-refractivity contribution >= 4 is 0 Å². The van der Waals surface area contributed by atoms with Crippen LogP contribution in [0.1, 0.15) is 65.7 Å². The van der Waals surface area contributed by atoms with Crippen LogP contribution in [0.5, 0.6) is 0 Å². The van der Waals surface area contributed by atoms with Crippen LogP contribution in [-0.2, 0) is 28.4 Å². The van der Waals surface area contributed by atoms with Crippen molar-refractivity contribution in [2.75, 3.05) is 79.3 Å². The maximum absolute atomic E-state index is 5.56. The lowest BCUT2D eigenvalue weighted by Crippen LogP contribution is -2.14. The van der Waals surface area contributed by atoms with E-state index >= 15 is 0 Å². The highest BCUT2D eigenvalue weighted by molar-refractivity contribution is 4.46. The highest BCUT2D eigenvalue weighted by Gasteiger charge is 1.98. The van der Waals surface area contributed by atoms with E-state index in [9.17, 15) is 0 Å². The molecule has 29 heavy (non-hydrogen) atoms. The van der Waals surface area contributed by atoms with Crippen LogP contribution in [0.2, 0.25) is 0 Å². The Hall–Kier alpha value is -0.240. The third-order valence-electron chi connectivity index (χ3n) is 4.60. The van der Waals surface area contributed by atoms with Crippen LogP contribution >= 0.6 is 0 Å². The molecule has 0 spiro atoms.